The third kappa shape index (κ3) is 3.27. The number of nitrogens with zero attached hydrogens (tertiary/aromatic N) is 3. The van der Waals surface area contributed by atoms with Crippen LogP contribution in [-0.2, 0) is 11.8 Å². The third-order valence-corrected chi connectivity index (χ3v) is 4.15. The molecule has 0 aliphatic heterocycles. The molecule has 0 radical (unpaired) electrons. The van der Waals surface area contributed by atoms with Crippen LogP contribution in [-0.4, -0.2) is 19.6 Å². The molecule has 5 heteroatoms. The van der Waals surface area contributed by atoms with Crippen LogP contribution in [0.5, 0.6) is 0 Å². The van der Waals surface area contributed by atoms with Crippen LogP contribution in [0.2, 0.25) is 0 Å². The Hall–Kier alpha value is -1.20. The fraction of sp³-hybridized carbons (Fsp3) is 0.600. The number of aromatic nitrogens is 3. The summed E-state index contributed by atoms with van der Waals surface area (Å²) in [5, 5.41) is 13.5. The molecule has 1 N–H and O–H groups in total. The number of aliphatic hydroxyl groups is 1. The van der Waals surface area contributed by atoms with Gasteiger partial charge in [-0.2, -0.15) is 0 Å². The van der Waals surface area contributed by atoms with Crippen molar-refractivity contribution in [1.29, 1.82) is 0 Å². The van der Waals surface area contributed by atoms with Crippen LogP contribution in [0.1, 0.15) is 63.2 Å². The molecule has 1 atom stereocenters. The minimum absolute atomic E-state index is 0.0550. The van der Waals surface area contributed by atoms with E-state index in [0.29, 0.717) is 12.5 Å². The zero-order valence-electron chi connectivity index (χ0n) is 12.8. The Bertz CT molecular complexity index is 566. The van der Waals surface area contributed by atoms with Gasteiger partial charge in [0.1, 0.15) is 6.10 Å². The van der Waals surface area contributed by atoms with Gasteiger partial charge in [-0.25, -0.2) is 9.97 Å². The molecule has 4 nitrogen and oxygen atoms in total. The van der Waals surface area contributed by atoms with Gasteiger partial charge in [-0.05, 0) is 13.8 Å². The highest BCUT2D eigenvalue weighted by molar-refractivity contribution is 7.09. The zero-order valence-corrected chi connectivity index (χ0v) is 13.6. The van der Waals surface area contributed by atoms with Crippen LogP contribution < -0.4 is 0 Å². The van der Waals surface area contributed by atoms with Gasteiger partial charge in [0.15, 0.2) is 0 Å². The van der Waals surface area contributed by atoms with E-state index >= 15 is 0 Å². The molecular formula is C15H23N3OS. The Morgan fingerprint density at radius 3 is 2.60 bits per heavy atom. The molecule has 20 heavy (non-hydrogen) atoms. The van der Waals surface area contributed by atoms with Crippen LogP contribution in [0.4, 0.5) is 0 Å². The summed E-state index contributed by atoms with van der Waals surface area (Å²) in [5.74, 6) is 0. The highest BCUT2D eigenvalue weighted by Crippen LogP contribution is 2.27. The predicted octanol–water partition coefficient (Wildman–Crippen LogP) is 3.49. The first-order valence-electron chi connectivity index (χ1n) is 6.93. The Morgan fingerprint density at radius 1 is 1.35 bits per heavy atom. The van der Waals surface area contributed by atoms with Crippen molar-refractivity contribution in [3.8, 4) is 0 Å². The van der Waals surface area contributed by atoms with E-state index in [0.717, 1.165) is 16.4 Å². The summed E-state index contributed by atoms with van der Waals surface area (Å²) in [6, 6.07) is 0.295. The molecule has 0 amide bonds. The van der Waals surface area contributed by atoms with Crippen molar-refractivity contribution in [1.82, 2.24) is 14.5 Å². The second-order valence-corrected chi connectivity index (χ2v) is 7.36. The van der Waals surface area contributed by atoms with Gasteiger partial charge in [0.05, 0.1) is 28.9 Å². The van der Waals surface area contributed by atoms with E-state index in [1.54, 1.807) is 23.9 Å². The monoisotopic (exact) mass is 293 g/mol. The number of aliphatic hydroxyl groups excluding tert-OH is 1. The molecule has 0 fully saturated rings. The van der Waals surface area contributed by atoms with Crippen LogP contribution in [0.25, 0.3) is 0 Å². The molecule has 110 valence electrons. The summed E-state index contributed by atoms with van der Waals surface area (Å²) < 4.78 is 2.00. The largest absolute Gasteiger partial charge is 0.386 e. The Kier molecular flexibility index (Phi) is 4.30. The van der Waals surface area contributed by atoms with Crippen molar-refractivity contribution >= 4 is 11.3 Å². The lowest BCUT2D eigenvalue weighted by Crippen LogP contribution is -2.13. The van der Waals surface area contributed by atoms with Crippen molar-refractivity contribution in [2.75, 3.05) is 0 Å². The highest BCUT2D eigenvalue weighted by Gasteiger charge is 2.20. The number of hydrogen-bond acceptors (Lipinski definition) is 4. The van der Waals surface area contributed by atoms with Crippen molar-refractivity contribution in [3.05, 3.63) is 34.3 Å². The van der Waals surface area contributed by atoms with E-state index in [1.165, 1.54) is 0 Å². The smallest absolute Gasteiger partial charge is 0.102 e. The first-order valence-corrected chi connectivity index (χ1v) is 7.81. The highest BCUT2D eigenvalue weighted by atomic mass is 32.1. The zero-order chi connectivity index (χ0) is 14.9. The molecule has 0 saturated carbocycles. The van der Waals surface area contributed by atoms with E-state index < -0.39 is 6.10 Å². The minimum atomic E-state index is -0.557. The van der Waals surface area contributed by atoms with Crippen molar-refractivity contribution in [2.24, 2.45) is 0 Å². The van der Waals surface area contributed by atoms with E-state index in [1.807, 2.05) is 4.57 Å². The van der Waals surface area contributed by atoms with Crippen LogP contribution in [0.15, 0.2) is 17.9 Å². The van der Waals surface area contributed by atoms with Gasteiger partial charge in [-0.3, -0.25) is 0 Å². The normalized spacial score (nSPS) is 13.9. The second-order valence-electron chi connectivity index (χ2n) is 6.42. The molecule has 2 heterocycles. The molecule has 0 aliphatic rings. The van der Waals surface area contributed by atoms with E-state index in [9.17, 15) is 5.11 Å². The number of rotatable bonds is 4. The van der Waals surface area contributed by atoms with E-state index in [2.05, 4.69) is 50.0 Å². The van der Waals surface area contributed by atoms with Gasteiger partial charge in [-0.1, -0.05) is 20.8 Å². The standard InChI is InChI=1S/C15H23N3OS/c1-10(2)18-9-16-7-11(18)12(19)6-14-17-13(8-20-14)15(3,4)5/h7-10,12,19H,6H2,1-5H3. The number of imidazole rings is 1. The maximum Gasteiger partial charge on any atom is 0.102 e. The molecule has 0 spiro atoms. The fourth-order valence-corrected chi connectivity index (χ4v) is 3.08. The molecule has 2 aromatic rings. The van der Waals surface area contributed by atoms with Gasteiger partial charge in [0.25, 0.3) is 0 Å². The molecule has 2 aromatic heterocycles. The molecule has 0 bridgehead atoms. The number of thiazole rings is 1. The Morgan fingerprint density at radius 2 is 2.05 bits per heavy atom. The van der Waals surface area contributed by atoms with Gasteiger partial charge in [0, 0.05) is 23.3 Å². The Labute approximate surface area is 124 Å². The van der Waals surface area contributed by atoms with Crippen LogP contribution in [0, 0.1) is 0 Å². The number of hydrogen-bond donors (Lipinski definition) is 1. The summed E-state index contributed by atoms with van der Waals surface area (Å²) in [6.45, 7) is 10.6. The lowest BCUT2D eigenvalue weighted by Gasteiger charge is -2.16. The summed E-state index contributed by atoms with van der Waals surface area (Å²) >= 11 is 1.62. The summed E-state index contributed by atoms with van der Waals surface area (Å²) in [6.07, 6.45) is 3.49. The quantitative estimate of drug-likeness (QED) is 0.938. The Balaban J connectivity index is 2.13. The van der Waals surface area contributed by atoms with Gasteiger partial charge in [-0.15, -0.1) is 11.3 Å². The molecule has 0 aliphatic carbocycles. The minimum Gasteiger partial charge on any atom is -0.386 e. The summed E-state index contributed by atoms with van der Waals surface area (Å²) in [5.41, 5.74) is 1.99. The fourth-order valence-electron chi connectivity index (χ4n) is 2.02. The van der Waals surface area contributed by atoms with E-state index in [4.69, 9.17) is 0 Å². The van der Waals surface area contributed by atoms with Crippen molar-refractivity contribution < 1.29 is 5.11 Å². The molecule has 0 aromatic carbocycles. The average Bonchev–Trinajstić information content (AvgIpc) is 2.95. The van der Waals surface area contributed by atoms with E-state index in [-0.39, 0.29) is 5.41 Å². The van der Waals surface area contributed by atoms with Crippen molar-refractivity contribution in [2.45, 2.75) is 58.6 Å². The van der Waals surface area contributed by atoms with Gasteiger partial charge < -0.3 is 9.67 Å². The van der Waals surface area contributed by atoms with Crippen LogP contribution >= 0.6 is 11.3 Å². The van der Waals surface area contributed by atoms with Crippen LogP contribution in [0.3, 0.4) is 0 Å². The predicted molar refractivity (Wildman–Crippen MR) is 82.1 cm³/mol. The maximum absolute atomic E-state index is 10.4. The molecule has 1 unspecified atom stereocenters. The first-order chi connectivity index (χ1) is 9.29. The molecule has 2 rings (SSSR count). The lowest BCUT2D eigenvalue weighted by atomic mass is 9.93. The average molecular weight is 293 g/mol. The molecular weight excluding hydrogens is 270 g/mol. The maximum atomic E-state index is 10.4. The van der Waals surface area contributed by atoms with Gasteiger partial charge in [0.2, 0.25) is 0 Å². The van der Waals surface area contributed by atoms with Crippen molar-refractivity contribution in [3.63, 3.8) is 0 Å². The summed E-state index contributed by atoms with van der Waals surface area (Å²) in [7, 11) is 0. The molecule has 0 saturated heterocycles. The lowest BCUT2D eigenvalue weighted by molar-refractivity contribution is 0.167. The first kappa shape index (κ1) is 15.2. The third-order valence-electron chi connectivity index (χ3n) is 3.28. The SMILES string of the molecule is CC(C)n1cncc1C(O)Cc1nc(C(C)(C)C)cs1. The van der Waals surface area contributed by atoms with Gasteiger partial charge >= 0.3 is 0 Å². The topological polar surface area (TPSA) is 50.9 Å². The second kappa shape index (κ2) is 5.66. The summed E-state index contributed by atoms with van der Waals surface area (Å²) in [4.78, 5) is 8.77.